The van der Waals surface area contributed by atoms with Crippen LogP contribution in [0.4, 0.5) is 17.6 Å². The number of rotatable bonds is 4. The van der Waals surface area contributed by atoms with Crippen LogP contribution in [-0.4, -0.2) is 37.3 Å². The Balaban J connectivity index is 0.00000264. The summed E-state index contributed by atoms with van der Waals surface area (Å²) in [6.45, 7) is 4.23. The lowest BCUT2D eigenvalue weighted by molar-refractivity contribution is -0.138. The van der Waals surface area contributed by atoms with Crippen molar-refractivity contribution in [2.75, 3.05) is 26.2 Å². The second-order valence-corrected chi connectivity index (χ2v) is 5.93. The van der Waals surface area contributed by atoms with Gasteiger partial charge in [-0.1, -0.05) is 17.7 Å². The molecule has 140 valence electrons. The van der Waals surface area contributed by atoms with E-state index in [-0.39, 0.29) is 41.8 Å². The summed E-state index contributed by atoms with van der Waals surface area (Å²) in [6.07, 6.45) is -5.41. The molecule has 0 amide bonds. The third kappa shape index (κ3) is 6.23. The summed E-state index contributed by atoms with van der Waals surface area (Å²) >= 11 is 6.20. The van der Waals surface area contributed by atoms with Crippen LogP contribution in [0.15, 0.2) is 12.1 Å². The van der Waals surface area contributed by atoms with Crippen molar-refractivity contribution in [1.82, 2.24) is 10.2 Å². The van der Waals surface area contributed by atoms with E-state index >= 15 is 0 Å². The summed E-state index contributed by atoms with van der Waals surface area (Å²) in [4.78, 5) is 1.88. The van der Waals surface area contributed by atoms with Crippen LogP contribution in [0.25, 0.3) is 0 Å². The Labute approximate surface area is 156 Å². The maximum absolute atomic E-state index is 14.2. The van der Waals surface area contributed by atoms with E-state index in [1.54, 1.807) is 13.0 Å². The fourth-order valence-corrected chi connectivity index (χ4v) is 3.07. The maximum Gasteiger partial charge on any atom is 0.389 e. The molecule has 0 bridgehead atoms. The molecule has 1 aliphatic heterocycles. The number of hydrogen-bond donors (Lipinski definition) is 1. The number of nitrogens with zero attached hydrogens (tertiary/aromatic N) is 1. The minimum atomic E-state index is -4.26. The van der Waals surface area contributed by atoms with Crippen LogP contribution in [0, 0.1) is 12.7 Å². The molecule has 2 rings (SSSR count). The van der Waals surface area contributed by atoms with Crippen LogP contribution in [0.3, 0.4) is 0 Å². The van der Waals surface area contributed by atoms with Crippen molar-refractivity contribution in [2.24, 2.45) is 0 Å². The van der Waals surface area contributed by atoms with Crippen molar-refractivity contribution in [2.45, 2.75) is 32.0 Å². The van der Waals surface area contributed by atoms with E-state index < -0.39 is 24.5 Å². The van der Waals surface area contributed by atoms with Gasteiger partial charge in [0, 0.05) is 44.2 Å². The molecule has 1 fully saturated rings. The molecule has 0 saturated carbocycles. The number of halogens is 7. The summed E-state index contributed by atoms with van der Waals surface area (Å²) in [5, 5.41) is 3.37. The molecule has 9 heteroatoms. The highest BCUT2D eigenvalue weighted by Gasteiger charge is 2.33. The van der Waals surface area contributed by atoms with E-state index in [1.807, 2.05) is 4.90 Å². The van der Waals surface area contributed by atoms with Gasteiger partial charge < -0.3 is 5.32 Å². The average Bonchev–Trinajstić information content (AvgIpc) is 2.46. The van der Waals surface area contributed by atoms with Crippen LogP contribution in [0.1, 0.15) is 30.0 Å². The van der Waals surface area contributed by atoms with Gasteiger partial charge in [0.15, 0.2) is 0 Å². The molecular weight excluding hydrogens is 391 g/mol. The first-order valence-electron chi connectivity index (χ1n) is 7.25. The maximum atomic E-state index is 14.2. The van der Waals surface area contributed by atoms with Crippen molar-refractivity contribution < 1.29 is 17.6 Å². The Morgan fingerprint density at radius 1 is 1.21 bits per heavy atom. The van der Waals surface area contributed by atoms with Gasteiger partial charge >= 0.3 is 6.18 Å². The quantitative estimate of drug-likeness (QED) is 0.708. The zero-order valence-electron chi connectivity index (χ0n) is 13.1. The minimum Gasteiger partial charge on any atom is -0.314 e. The smallest absolute Gasteiger partial charge is 0.314 e. The second-order valence-electron chi connectivity index (χ2n) is 5.55. The van der Waals surface area contributed by atoms with E-state index in [2.05, 4.69) is 5.32 Å². The topological polar surface area (TPSA) is 15.3 Å². The van der Waals surface area contributed by atoms with Gasteiger partial charge in [0.2, 0.25) is 0 Å². The molecule has 1 aromatic carbocycles. The van der Waals surface area contributed by atoms with Gasteiger partial charge in [-0.3, -0.25) is 4.90 Å². The minimum absolute atomic E-state index is 0. The van der Waals surface area contributed by atoms with Crippen molar-refractivity contribution in [1.29, 1.82) is 0 Å². The Bertz CT molecular complexity index is 520. The van der Waals surface area contributed by atoms with E-state index in [9.17, 15) is 17.6 Å². The highest BCUT2D eigenvalue weighted by Crippen LogP contribution is 2.37. The molecule has 1 N–H and O–H groups in total. The van der Waals surface area contributed by atoms with Crippen molar-refractivity contribution in [3.8, 4) is 0 Å². The zero-order valence-corrected chi connectivity index (χ0v) is 15.5. The molecule has 1 heterocycles. The fourth-order valence-electron chi connectivity index (χ4n) is 2.79. The molecule has 1 atom stereocenters. The van der Waals surface area contributed by atoms with E-state index in [0.29, 0.717) is 31.7 Å². The first-order valence-corrected chi connectivity index (χ1v) is 7.63. The summed E-state index contributed by atoms with van der Waals surface area (Å²) in [7, 11) is 0. The Morgan fingerprint density at radius 2 is 1.79 bits per heavy atom. The average molecular weight is 412 g/mol. The van der Waals surface area contributed by atoms with E-state index in [0.717, 1.165) is 0 Å². The van der Waals surface area contributed by atoms with Gasteiger partial charge in [-0.15, -0.1) is 24.8 Å². The highest BCUT2D eigenvalue weighted by atomic mass is 35.5. The molecular formula is C15H21Cl3F4N2. The number of piperazine rings is 1. The van der Waals surface area contributed by atoms with Crippen molar-refractivity contribution in [3.63, 3.8) is 0 Å². The molecule has 1 aromatic rings. The first-order chi connectivity index (χ1) is 10.3. The van der Waals surface area contributed by atoms with Gasteiger partial charge in [0.1, 0.15) is 5.82 Å². The second kappa shape index (κ2) is 10.0. The van der Waals surface area contributed by atoms with Gasteiger partial charge in [-0.2, -0.15) is 13.2 Å². The monoisotopic (exact) mass is 410 g/mol. The van der Waals surface area contributed by atoms with E-state index in [1.165, 1.54) is 6.07 Å². The Morgan fingerprint density at radius 3 is 2.33 bits per heavy atom. The number of hydrogen-bond acceptors (Lipinski definition) is 2. The molecule has 0 aliphatic carbocycles. The number of alkyl halides is 3. The molecule has 0 aromatic heterocycles. The third-order valence-corrected chi connectivity index (χ3v) is 4.45. The van der Waals surface area contributed by atoms with Gasteiger partial charge in [-0.25, -0.2) is 4.39 Å². The molecule has 24 heavy (non-hydrogen) atoms. The third-order valence-electron chi connectivity index (χ3n) is 3.95. The largest absolute Gasteiger partial charge is 0.389 e. The Kier molecular flexibility index (Phi) is 9.91. The normalized spacial score (nSPS) is 16.9. The zero-order chi connectivity index (χ0) is 16.3. The van der Waals surface area contributed by atoms with Gasteiger partial charge in [0.05, 0.1) is 5.02 Å². The summed E-state index contributed by atoms with van der Waals surface area (Å²) in [5.41, 5.74) is 0.859. The first kappa shape index (κ1) is 23.7. The summed E-state index contributed by atoms with van der Waals surface area (Å²) in [6, 6.07) is 2.16. The molecule has 0 unspecified atom stereocenters. The highest BCUT2D eigenvalue weighted by molar-refractivity contribution is 6.32. The lowest BCUT2D eigenvalue weighted by atomic mass is 9.97. The lowest BCUT2D eigenvalue weighted by Gasteiger charge is -2.36. The number of aryl methyl sites for hydroxylation is 1. The lowest BCUT2D eigenvalue weighted by Crippen LogP contribution is -2.45. The van der Waals surface area contributed by atoms with Crippen molar-refractivity contribution in [3.05, 3.63) is 34.1 Å². The van der Waals surface area contributed by atoms with E-state index in [4.69, 9.17) is 11.6 Å². The van der Waals surface area contributed by atoms with Crippen LogP contribution in [0.5, 0.6) is 0 Å². The van der Waals surface area contributed by atoms with Crippen LogP contribution in [0.2, 0.25) is 5.02 Å². The molecule has 0 radical (unpaired) electrons. The summed E-state index contributed by atoms with van der Waals surface area (Å²) in [5.74, 6) is -0.540. The molecule has 1 saturated heterocycles. The summed E-state index contributed by atoms with van der Waals surface area (Å²) < 4.78 is 52.1. The standard InChI is InChI=1S/C15H19ClF4N2.2ClH/c1-10-2-3-11(17)13(14(10)16)12(4-5-15(18,19)20)22-8-6-21-7-9-22;;/h2-3,12,21H,4-9H2,1H3;2*1H/t12-;;/m1../s1. The van der Waals surface area contributed by atoms with Gasteiger partial charge in [-0.05, 0) is 25.0 Å². The van der Waals surface area contributed by atoms with Crippen LogP contribution >= 0.6 is 36.4 Å². The Hall–Kier alpha value is -0.270. The van der Waals surface area contributed by atoms with Crippen molar-refractivity contribution >= 4 is 36.4 Å². The number of nitrogens with one attached hydrogen (secondary N) is 1. The SMILES string of the molecule is Cc1ccc(F)c([C@@H](CCC(F)(F)F)N2CCNCC2)c1Cl.Cl.Cl. The molecule has 1 aliphatic rings. The van der Waals surface area contributed by atoms with Gasteiger partial charge in [0.25, 0.3) is 0 Å². The van der Waals surface area contributed by atoms with Crippen LogP contribution < -0.4 is 5.32 Å². The predicted octanol–water partition coefficient (Wildman–Crippen LogP) is 4.92. The predicted molar refractivity (Wildman–Crippen MR) is 93.1 cm³/mol. The molecule has 0 spiro atoms. The van der Waals surface area contributed by atoms with Crippen LogP contribution in [-0.2, 0) is 0 Å². The fraction of sp³-hybridized carbons (Fsp3) is 0.600. The molecule has 2 nitrogen and oxygen atoms in total. The number of benzene rings is 1.